The molecular formula is C31H48O. The van der Waals surface area contributed by atoms with Crippen molar-refractivity contribution in [3.8, 4) is 0 Å². The summed E-state index contributed by atoms with van der Waals surface area (Å²) in [6.45, 7) is 5.42. The van der Waals surface area contributed by atoms with E-state index in [1.165, 1.54) is 89.9 Å². The molecule has 0 saturated heterocycles. The molecule has 1 aromatic carbocycles. The lowest BCUT2D eigenvalue weighted by atomic mass is 9.51. The van der Waals surface area contributed by atoms with Gasteiger partial charge in [-0.3, -0.25) is 0 Å². The number of hydrogen-bond acceptors (Lipinski definition) is 1. The first kappa shape index (κ1) is 24.1. The number of allylic oxidation sites excluding steroid dienone is 1. The number of benzene rings is 1. The molecule has 0 aliphatic heterocycles. The zero-order valence-corrected chi connectivity index (χ0v) is 21.0. The van der Waals surface area contributed by atoms with Gasteiger partial charge in [-0.15, -0.1) is 0 Å². The molecule has 4 aliphatic carbocycles. The lowest BCUT2D eigenvalue weighted by Crippen LogP contribution is -2.44. The average molecular weight is 437 g/mol. The molecule has 0 spiro atoms. The molecule has 4 aliphatic rings. The van der Waals surface area contributed by atoms with E-state index < -0.39 is 0 Å². The van der Waals surface area contributed by atoms with E-state index >= 15 is 0 Å². The van der Waals surface area contributed by atoms with Crippen molar-refractivity contribution < 1.29 is 4.74 Å². The molecule has 0 unspecified atom stereocenters. The van der Waals surface area contributed by atoms with E-state index in [1.807, 2.05) is 0 Å². The molecule has 0 radical (unpaired) electrons. The lowest BCUT2D eigenvalue weighted by molar-refractivity contribution is 0.0273. The fraction of sp³-hybridized carbons (Fsp3) is 0.742. The van der Waals surface area contributed by atoms with Crippen LogP contribution < -0.4 is 0 Å². The molecule has 0 N–H and O–H groups in total. The Kier molecular flexibility index (Phi) is 8.55. The summed E-state index contributed by atoms with van der Waals surface area (Å²) in [7, 11) is 0. The van der Waals surface area contributed by atoms with Crippen LogP contribution in [0.3, 0.4) is 0 Å². The summed E-state index contributed by atoms with van der Waals surface area (Å²) in [5.74, 6) is 0.741. The first-order valence-electron chi connectivity index (χ1n) is 14.1. The van der Waals surface area contributed by atoms with Gasteiger partial charge in [-0.25, -0.2) is 0 Å². The van der Waals surface area contributed by atoms with Crippen LogP contribution in [0.1, 0.15) is 134 Å². The van der Waals surface area contributed by atoms with E-state index in [1.54, 1.807) is 11.1 Å². The number of fused-ring (bicyclic) bond motifs is 3. The summed E-state index contributed by atoms with van der Waals surface area (Å²) in [6, 6.07) is 10.0. The number of rotatable bonds is 11. The molecule has 0 heterocycles. The molecule has 1 heteroatoms. The standard InChI is InChI=1S/C31H48O/c1-3-5-7-9-25-32-29-16-12-27(13-17-29)26-10-14-28(15-11-26)31-22-19-30(20-23-31,21-24-31)18-8-6-4-2/h5,7,10-11,14-15,27,29H,3-4,6,8-9,12-13,16-25H2,1-2H3/b7-5+. The van der Waals surface area contributed by atoms with E-state index in [4.69, 9.17) is 4.74 Å². The van der Waals surface area contributed by atoms with Crippen molar-refractivity contribution in [1.29, 1.82) is 0 Å². The largest absolute Gasteiger partial charge is 0.378 e. The van der Waals surface area contributed by atoms with Crippen LogP contribution in [0.2, 0.25) is 0 Å². The molecule has 0 aromatic heterocycles. The highest BCUT2D eigenvalue weighted by molar-refractivity contribution is 5.33. The maximum absolute atomic E-state index is 6.13. The van der Waals surface area contributed by atoms with Crippen molar-refractivity contribution in [3.05, 3.63) is 47.5 Å². The summed E-state index contributed by atoms with van der Waals surface area (Å²) in [5.41, 5.74) is 4.45. The smallest absolute Gasteiger partial charge is 0.0575 e. The van der Waals surface area contributed by atoms with E-state index in [-0.39, 0.29) is 0 Å². The molecule has 2 bridgehead atoms. The maximum Gasteiger partial charge on any atom is 0.0575 e. The van der Waals surface area contributed by atoms with Crippen LogP contribution in [0.4, 0.5) is 0 Å². The third-order valence-corrected chi connectivity index (χ3v) is 9.42. The normalized spacial score (nSPS) is 32.6. The molecule has 178 valence electrons. The summed E-state index contributed by atoms with van der Waals surface area (Å²) < 4.78 is 6.13. The van der Waals surface area contributed by atoms with Crippen LogP contribution in [0, 0.1) is 5.41 Å². The predicted molar refractivity (Wildman–Crippen MR) is 137 cm³/mol. The molecule has 4 fully saturated rings. The summed E-state index contributed by atoms with van der Waals surface area (Å²) in [6.07, 6.45) is 26.7. The van der Waals surface area contributed by atoms with E-state index in [0.29, 0.717) is 16.9 Å². The Balaban J connectivity index is 1.25. The van der Waals surface area contributed by atoms with Gasteiger partial charge in [0.15, 0.2) is 0 Å². The lowest BCUT2D eigenvalue weighted by Gasteiger charge is -2.54. The third kappa shape index (κ3) is 5.69. The fourth-order valence-corrected chi connectivity index (χ4v) is 7.08. The highest BCUT2D eigenvalue weighted by Gasteiger charge is 2.48. The van der Waals surface area contributed by atoms with E-state index in [0.717, 1.165) is 25.4 Å². The average Bonchev–Trinajstić information content (AvgIpc) is 2.86. The zero-order valence-electron chi connectivity index (χ0n) is 21.0. The molecule has 32 heavy (non-hydrogen) atoms. The minimum absolute atomic E-state index is 0.488. The van der Waals surface area contributed by atoms with Crippen LogP contribution in [0.25, 0.3) is 0 Å². The van der Waals surface area contributed by atoms with Gasteiger partial charge in [-0.1, -0.05) is 69.5 Å². The highest BCUT2D eigenvalue weighted by atomic mass is 16.5. The second-order valence-corrected chi connectivity index (χ2v) is 11.4. The number of unbranched alkanes of at least 4 members (excludes halogenated alkanes) is 2. The Morgan fingerprint density at radius 3 is 2.16 bits per heavy atom. The van der Waals surface area contributed by atoms with Crippen LogP contribution in [-0.4, -0.2) is 12.7 Å². The molecule has 0 amide bonds. The molecule has 4 saturated carbocycles. The topological polar surface area (TPSA) is 9.23 Å². The number of ether oxygens (including phenoxy) is 1. The Labute approximate surface area is 198 Å². The minimum atomic E-state index is 0.488. The van der Waals surface area contributed by atoms with Gasteiger partial charge < -0.3 is 4.74 Å². The van der Waals surface area contributed by atoms with Gasteiger partial charge in [-0.05, 0) is 111 Å². The maximum atomic E-state index is 6.13. The van der Waals surface area contributed by atoms with Crippen molar-refractivity contribution in [2.75, 3.05) is 6.61 Å². The Morgan fingerprint density at radius 1 is 0.844 bits per heavy atom. The molecule has 0 atom stereocenters. The zero-order chi connectivity index (χ0) is 22.3. The van der Waals surface area contributed by atoms with Crippen molar-refractivity contribution in [2.24, 2.45) is 5.41 Å². The van der Waals surface area contributed by atoms with Crippen LogP contribution in [0.5, 0.6) is 0 Å². The predicted octanol–water partition coefficient (Wildman–Crippen LogP) is 9.26. The Hall–Kier alpha value is -1.08. The summed E-state index contributed by atoms with van der Waals surface area (Å²) in [4.78, 5) is 0. The van der Waals surface area contributed by atoms with E-state index in [9.17, 15) is 0 Å². The summed E-state index contributed by atoms with van der Waals surface area (Å²) >= 11 is 0. The van der Waals surface area contributed by atoms with Crippen LogP contribution in [0.15, 0.2) is 36.4 Å². The van der Waals surface area contributed by atoms with E-state index in [2.05, 4.69) is 50.3 Å². The quantitative estimate of drug-likeness (QED) is 0.248. The van der Waals surface area contributed by atoms with Crippen molar-refractivity contribution in [1.82, 2.24) is 0 Å². The number of hydrogen-bond donors (Lipinski definition) is 0. The van der Waals surface area contributed by atoms with Crippen LogP contribution >= 0.6 is 0 Å². The highest BCUT2D eigenvalue weighted by Crippen LogP contribution is 2.59. The van der Waals surface area contributed by atoms with Crippen molar-refractivity contribution >= 4 is 0 Å². The molecule has 1 aromatic rings. The third-order valence-electron chi connectivity index (χ3n) is 9.42. The van der Waals surface area contributed by atoms with Gasteiger partial charge >= 0.3 is 0 Å². The van der Waals surface area contributed by atoms with Gasteiger partial charge in [0.25, 0.3) is 0 Å². The van der Waals surface area contributed by atoms with Gasteiger partial charge in [0, 0.05) is 0 Å². The second kappa shape index (κ2) is 11.4. The SMILES string of the molecule is CC/C=C/CCOC1CCC(c2ccc(C34CCC(CCCCC)(CC3)CC4)cc2)CC1. The fourth-order valence-electron chi connectivity index (χ4n) is 7.08. The Bertz CT molecular complexity index is 682. The first-order chi connectivity index (χ1) is 15.7. The molecule has 5 rings (SSSR count). The van der Waals surface area contributed by atoms with Crippen LogP contribution in [-0.2, 0) is 10.2 Å². The van der Waals surface area contributed by atoms with Gasteiger partial charge in [0.1, 0.15) is 0 Å². The second-order valence-electron chi connectivity index (χ2n) is 11.4. The minimum Gasteiger partial charge on any atom is -0.378 e. The Morgan fingerprint density at radius 2 is 1.53 bits per heavy atom. The first-order valence-corrected chi connectivity index (χ1v) is 14.1. The van der Waals surface area contributed by atoms with Crippen molar-refractivity contribution in [3.63, 3.8) is 0 Å². The summed E-state index contributed by atoms with van der Waals surface area (Å²) in [5, 5.41) is 0. The van der Waals surface area contributed by atoms with Gasteiger partial charge in [0.05, 0.1) is 12.7 Å². The van der Waals surface area contributed by atoms with Crippen molar-refractivity contribution in [2.45, 2.75) is 134 Å². The molecular weight excluding hydrogens is 388 g/mol. The van der Waals surface area contributed by atoms with Gasteiger partial charge in [0.2, 0.25) is 0 Å². The van der Waals surface area contributed by atoms with Gasteiger partial charge in [-0.2, -0.15) is 0 Å². The monoisotopic (exact) mass is 436 g/mol. The molecule has 1 nitrogen and oxygen atoms in total.